The first-order valence-corrected chi connectivity index (χ1v) is 6.27. The van der Waals surface area contributed by atoms with E-state index in [1.165, 1.54) is 5.01 Å². The molecule has 4 nitrogen and oxygen atoms in total. The van der Waals surface area contributed by atoms with Crippen LogP contribution in [0.25, 0.3) is 0 Å². The Morgan fingerprint density at radius 2 is 2.44 bits per heavy atom. The molecule has 0 fully saturated rings. The highest BCUT2D eigenvalue weighted by Crippen LogP contribution is 2.10. The fourth-order valence-corrected chi connectivity index (χ4v) is 2.31. The van der Waals surface area contributed by atoms with Gasteiger partial charge in [0, 0.05) is 36.3 Å². The minimum absolute atomic E-state index is 0.309. The van der Waals surface area contributed by atoms with Crippen LogP contribution in [-0.2, 0) is 6.42 Å². The zero-order valence-electron chi connectivity index (χ0n) is 9.53. The van der Waals surface area contributed by atoms with Crippen molar-refractivity contribution >= 4 is 11.3 Å². The molecule has 0 saturated carbocycles. The molecule has 0 aliphatic heterocycles. The maximum Gasteiger partial charge on any atom is 0.0940 e. The van der Waals surface area contributed by atoms with Crippen molar-refractivity contribution in [3.8, 4) is 0 Å². The molecule has 1 unspecified atom stereocenters. The third kappa shape index (κ3) is 2.90. The predicted molar refractivity (Wildman–Crippen MR) is 65.6 cm³/mol. The largest absolute Gasteiger partial charge is 0.308 e. The van der Waals surface area contributed by atoms with Crippen LogP contribution in [0.3, 0.4) is 0 Å². The highest BCUT2D eigenvalue weighted by Gasteiger charge is 2.05. The summed E-state index contributed by atoms with van der Waals surface area (Å²) in [6, 6.07) is 2.30. The minimum atomic E-state index is 0.309. The van der Waals surface area contributed by atoms with E-state index in [0.29, 0.717) is 6.04 Å². The van der Waals surface area contributed by atoms with Crippen LogP contribution < -0.4 is 5.32 Å². The molecule has 1 atom stereocenters. The van der Waals surface area contributed by atoms with Crippen molar-refractivity contribution < 1.29 is 0 Å². The minimum Gasteiger partial charge on any atom is -0.308 e. The molecule has 5 heteroatoms. The highest BCUT2D eigenvalue weighted by molar-refractivity contribution is 7.09. The van der Waals surface area contributed by atoms with Crippen LogP contribution in [0, 0.1) is 6.92 Å². The quantitative estimate of drug-likeness (QED) is 0.835. The number of aryl methyl sites for hydroxylation is 1. The number of hydrogen-bond donors (Lipinski definition) is 2. The number of nitrogens with one attached hydrogen (secondary N) is 2. The summed E-state index contributed by atoms with van der Waals surface area (Å²) in [4.78, 5) is 4.43. The zero-order valence-corrected chi connectivity index (χ0v) is 10.3. The Hall–Kier alpha value is -1.20. The van der Waals surface area contributed by atoms with E-state index in [4.69, 9.17) is 0 Å². The maximum absolute atomic E-state index is 4.43. The van der Waals surface area contributed by atoms with E-state index in [9.17, 15) is 0 Å². The van der Waals surface area contributed by atoms with Gasteiger partial charge in [-0.15, -0.1) is 11.3 Å². The summed E-state index contributed by atoms with van der Waals surface area (Å²) in [6.07, 6.45) is 2.76. The van der Waals surface area contributed by atoms with Gasteiger partial charge in [0.25, 0.3) is 0 Å². The van der Waals surface area contributed by atoms with E-state index in [0.717, 1.165) is 24.4 Å². The van der Waals surface area contributed by atoms with E-state index in [-0.39, 0.29) is 0 Å². The summed E-state index contributed by atoms with van der Waals surface area (Å²) in [7, 11) is 0. The molecule has 0 spiro atoms. The van der Waals surface area contributed by atoms with Crippen LogP contribution >= 0.6 is 11.3 Å². The average Bonchev–Trinajstić information content (AvgIpc) is 2.89. The molecule has 2 rings (SSSR count). The predicted octanol–water partition coefficient (Wildman–Crippen LogP) is 2.07. The molecule has 0 aliphatic rings. The molecule has 0 bridgehead atoms. The van der Waals surface area contributed by atoms with E-state index in [2.05, 4.69) is 32.8 Å². The Balaban J connectivity index is 1.76. The Labute approximate surface area is 99.1 Å². The van der Waals surface area contributed by atoms with E-state index in [1.807, 2.05) is 13.0 Å². The van der Waals surface area contributed by atoms with Gasteiger partial charge in [-0.05, 0) is 19.9 Å². The number of nitrogens with zero attached hydrogens (tertiary/aromatic N) is 2. The van der Waals surface area contributed by atoms with E-state index >= 15 is 0 Å². The van der Waals surface area contributed by atoms with Crippen molar-refractivity contribution in [2.45, 2.75) is 26.3 Å². The normalized spacial score (nSPS) is 12.9. The van der Waals surface area contributed by atoms with Gasteiger partial charge in [-0.2, -0.15) is 5.10 Å². The maximum atomic E-state index is 4.43. The highest BCUT2D eigenvalue weighted by atomic mass is 32.1. The van der Waals surface area contributed by atoms with Crippen LogP contribution in [-0.4, -0.2) is 21.7 Å². The summed E-state index contributed by atoms with van der Waals surface area (Å²) in [6.45, 7) is 5.09. The van der Waals surface area contributed by atoms with Gasteiger partial charge < -0.3 is 5.32 Å². The molecule has 2 aromatic rings. The van der Waals surface area contributed by atoms with Gasteiger partial charge in [-0.25, -0.2) is 4.98 Å². The Kier molecular flexibility index (Phi) is 3.69. The number of H-pyrrole nitrogens is 1. The van der Waals surface area contributed by atoms with Gasteiger partial charge in [0.15, 0.2) is 0 Å². The average molecular weight is 236 g/mol. The van der Waals surface area contributed by atoms with Gasteiger partial charge in [0.2, 0.25) is 0 Å². The standard InChI is InChI=1S/C11H16N4S/c1-8-7-16-11(14-8)4-5-12-9(2)10-3-6-13-15-10/h3,6-7,9,12H,4-5H2,1-2H3,(H,13,15). The molecule has 0 amide bonds. The Bertz CT molecular complexity index is 421. The van der Waals surface area contributed by atoms with Crippen molar-refractivity contribution in [1.82, 2.24) is 20.5 Å². The van der Waals surface area contributed by atoms with Crippen molar-refractivity contribution in [2.75, 3.05) is 6.54 Å². The fraction of sp³-hybridized carbons (Fsp3) is 0.455. The van der Waals surface area contributed by atoms with Crippen LogP contribution in [0.4, 0.5) is 0 Å². The lowest BCUT2D eigenvalue weighted by molar-refractivity contribution is 0.562. The number of aromatic amines is 1. The third-order valence-electron chi connectivity index (χ3n) is 2.44. The lowest BCUT2D eigenvalue weighted by atomic mass is 10.2. The number of aromatic nitrogens is 3. The van der Waals surface area contributed by atoms with Crippen LogP contribution in [0.2, 0.25) is 0 Å². The molecule has 0 radical (unpaired) electrons. The lowest BCUT2D eigenvalue weighted by Gasteiger charge is -2.10. The van der Waals surface area contributed by atoms with Crippen LogP contribution in [0.1, 0.15) is 29.4 Å². The Morgan fingerprint density at radius 1 is 1.56 bits per heavy atom. The summed E-state index contributed by atoms with van der Waals surface area (Å²) in [5.41, 5.74) is 2.23. The second kappa shape index (κ2) is 5.23. The molecule has 0 saturated heterocycles. The van der Waals surface area contributed by atoms with Gasteiger partial charge in [0.05, 0.1) is 10.7 Å². The summed E-state index contributed by atoms with van der Waals surface area (Å²) in [5, 5.41) is 13.6. The number of hydrogen-bond acceptors (Lipinski definition) is 4. The zero-order chi connectivity index (χ0) is 11.4. The van der Waals surface area contributed by atoms with Crippen molar-refractivity contribution in [1.29, 1.82) is 0 Å². The first-order valence-electron chi connectivity index (χ1n) is 5.39. The molecular weight excluding hydrogens is 220 g/mol. The van der Waals surface area contributed by atoms with Crippen molar-refractivity contribution in [3.05, 3.63) is 34.0 Å². The molecule has 0 aliphatic carbocycles. The molecule has 2 aromatic heterocycles. The monoisotopic (exact) mass is 236 g/mol. The smallest absolute Gasteiger partial charge is 0.0940 e. The summed E-state index contributed by atoms with van der Waals surface area (Å²) in [5.74, 6) is 0. The summed E-state index contributed by atoms with van der Waals surface area (Å²) >= 11 is 1.73. The number of rotatable bonds is 5. The molecule has 2 heterocycles. The van der Waals surface area contributed by atoms with E-state index < -0.39 is 0 Å². The van der Waals surface area contributed by atoms with Crippen LogP contribution in [0.15, 0.2) is 17.6 Å². The third-order valence-corrected chi connectivity index (χ3v) is 3.47. The van der Waals surface area contributed by atoms with Gasteiger partial charge in [0.1, 0.15) is 0 Å². The molecule has 2 N–H and O–H groups in total. The van der Waals surface area contributed by atoms with E-state index in [1.54, 1.807) is 17.5 Å². The first-order chi connectivity index (χ1) is 7.75. The van der Waals surface area contributed by atoms with Gasteiger partial charge >= 0.3 is 0 Å². The number of thiazole rings is 1. The van der Waals surface area contributed by atoms with Gasteiger partial charge in [-0.3, -0.25) is 5.10 Å². The second-order valence-electron chi connectivity index (χ2n) is 3.82. The molecular formula is C11H16N4S. The lowest BCUT2D eigenvalue weighted by Crippen LogP contribution is -2.21. The molecule has 0 aromatic carbocycles. The van der Waals surface area contributed by atoms with Gasteiger partial charge in [-0.1, -0.05) is 0 Å². The second-order valence-corrected chi connectivity index (χ2v) is 4.76. The first kappa shape index (κ1) is 11.3. The molecule has 16 heavy (non-hydrogen) atoms. The summed E-state index contributed by atoms with van der Waals surface area (Å²) < 4.78 is 0. The SMILES string of the molecule is Cc1csc(CCNC(C)c2ccn[nH]2)n1. The Morgan fingerprint density at radius 3 is 3.06 bits per heavy atom. The fourth-order valence-electron chi connectivity index (χ4n) is 1.53. The topological polar surface area (TPSA) is 53.6 Å². The molecule has 86 valence electrons. The van der Waals surface area contributed by atoms with Crippen LogP contribution in [0.5, 0.6) is 0 Å². The van der Waals surface area contributed by atoms with Crippen molar-refractivity contribution in [3.63, 3.8) is 0 Å². The van der Waals surface area contributed by atoms with Crippen molar-refractivity contribution in [2.24, 2.45) is 0 Å².